The fourth-order valence-corrected chi connectivity index (χ4v) is 4.27. The summed E-state index contributed by atoms with van der Waals surface area (Å²) in [6, 6.07) is 3.24. The predicted octanol–water partition coefficient (Wildman–Crippen LogP) is 1.89. The first kappa shape index (κ1) is 17.0. The number of amides is 1. The highest BCUT2D eigenvalue weighted by Crippen LogP contribution is 2.25. The van der Waals surface area contributed by atoms with Gasteiger partial charge < -0.3 is 9.64 Å². The first-order valence-corrected chi connectivity index (χ1v) is 9.06. The lowest BCUT2D eigenvalue weighted by atomic mass is 10.3. The van der Waals surface area contributed by atoms with Gasteiger partial charge in [-0.15, -0.1) is 0 Å². The summed E-state index contributed by atoms with van der Waals surface area (Å²) < 4.78 is 41.6. The Morgan fingerprint density at radius 3 is 2.91 bits per heavy atom. The Balaban J connectivity index is 1.99. The molecule has 122 valence electrons. The van der Waals surface area contributed by atoms with E-state index < -0.39 is 21.7 Å². The van der Waals surface area contributed by atoms with Crippen molar-refractivity contribution in [3.05, 3.63) is 29.0 Å². The molecule has 0 aliphatic carbocycles. The molecule has 0 radical (unpaired) electrons. The first-order chi connectivity index (χ1) is 10.3. The van der Waals surface area contributed by atoms with E-state index in [0.29, 0.717) is 13.0 Å². The van der Waals surface area contributed by atoms with E-state index in [4.69, 9.17) is 16.3 Å². The van der Waals surface area contributed by atoms with E-state index >= 15 is 0 Å². The maximum Gasteiger partial charge on any atom is 0.260 e. The van der Waals surface area contributed by atoms with E-state index in [1.54, 1.807) is 6.92 Å². The van der Waals surface area contributed by atoms with E-state index in [-0.39, 0.29) is 34.8 Å². The molecule has 1 aromatic carbocycles. The number of benzene rings is 1. The van der Waals surface area contributed by atoms with E-state index in [2.05, 4.69) is 0 Å². The van der Waals surface area contributed by atoms with Gasteiger partial charge in [-0.05, 0) is 31.5 Å². The molecule has 1 heterocycles. The molecule has 1 amide bonds. The summed E-state index contributed by atoms with van der Waals surface area (Å²) in [7, 11) is -3.11. The molecule has 0 bridgehead atoms. The number of ether oxygens (including phenoxy) is 1. The molecule has 1 aliphatic heterocycles. The van der Waals surface area contributed by atoms with Crippen molar-refractivity contribution in [1.29, 1.82) is 0 Å². The van der Waals surface area contributed by atoms with Gasteiger partial charge in [0.1, 0.15) is 11.6 Å². The first-order valence-electron chi connectivity index (χ1n) is 6.86. The van der Waals surface area contributed by atoms with Gasteiger partial charge in [-0.3, -0.25) is 4.79 Å². The van der Waals surface area contributed by atoms with E-state index in [1.165, 1.54) is 17.0 Å². The van der Waals surface area contributed by atoms with Crippen molar-refractivity contribution in [2.75, 3.05) is 24.7 Å². The summed E-state index contributed by atoms with van der Waals surface area (Å²) >= 11 is 5.82. The molecule has 22 heavy (non-hydrogen) atoms. The molecule has 1 atom stereocenters. The molecule has 1 aliphatic rings. The quantitative estimate of drug-likeness (QED) is 0.836. The van der Waals surface area contributed by atoms with Gasteiger partial charge in [-0.2, -0.15) is 0 Å². The second kappa shape index (κ2) is 6.83. The zero-order chi connectivity index (χ0) is 16.3. The van der Waals surface area contributed by atoms with Crippen LogP contribution in [0.1, 0.15) is 13.3 Å². The molecule has 2 rings (SSSR count). The summed E-state index contributed by atoms with van der Waals surface area (Å²) in [5.74, 6) is -0.548. The SMILES string of the molecule is CC1CS(=O)(=O)CCCN1C(=O)COc1ccc(F)cc1Cl. The highest BCUT2D eigenvalue weighted by Gasteiger charge is 2.28. The largest absolute Gasteiger partial charge is 0.482 e. The van der Waals surface area contributed by atoms with Gasteiger partial charge in [0.2, 0.25) is 0 Å². The van der Waals surface area contributed by atoms with Crippen molar-refractivity contribution >= 4 is 27.3 Å². The standard InChI is InChI=1S/C14H17ClFNO4S/c1-10-9-22(19,20)6-2-5-17(10)14(18)8-21-13-4-3-11(16)7-12(13)15/h3-4,7,10H,2,5-6,8-9H2,1H3. The average molecular weight is 350 g/mol. The van der Waals surface area contributed by atoms with Crippen LogP contribution in [0.3, 0.4) is 0 Å². The van der Waals surface area contributed by atoms with Gasteiger partial charge in [0, 0.05) is 12.6 Å². The smallest absolute Gasteiger partial charge is 0.260 e. The van der Waals surface area contributed by atoms with E-state index in [9.17, 15) is 17.6 Å². The molecule has 1 aromatic rings. The van der Waals surface area contributed by atoms with Crippen molar-refractivity contribution < 1.29 is 22.3 Å². The number of carbonyl (C=O) groups excluding carboxylic acids is 1. The summed E-state index contributed by atoms with van der Waals surface area (Å²) in [6.07, 6.45) is 0.412. The van der Waals surface area contributed by atoms with Crippen molar-refractivity contribution in [3.63, 3.8) is 0 Å². The fraction of sp³-hybridized carbons (Fsp3) is 0.500. The molecular formula is C14H17ClFNO4S. The van der Waals surface area contributed by atoms with Crippen LogP contribution in [0.4, 0.5) is 4.39 Å². The molecule has 8 heteroatoms. The third kappa shape index (κ3) is 4.33. The number of hydrogen-bond donors (Lipinski definition) is 0. The van der Waals surface area contributed by atoms with Crippen LogP contribution in [0.25, 0.3) is 0 Å². The Morgan fingerprint density at radius 1 is 1.50 bits per heavy atom. The van der Waals surface area contributed by atoms with Crippen LogP contribution in [0, 0.1) is 5.82 Å². The van der Waals surface area contributed by atoms with E-state index in [0.717, 1.165) is 6.07 Å². The molecule has 0 spiro atoms. The summed E-state index contributed by atoms with van der Waals surface area (Å²) in [5.41, 5.74) is 0. The number of sulfone groups is 1. The Bertz CT molecular complexity index is 665. The maximum atomic E-state index is 12.9. The van der Waals surface area contributed by atoms with Crippen LogP contribution in [0.15, 0.2) is 18.2 Å². The minimum atomic E-state index is -3.11. The van der Waals surface area contributed by atoms with Crippen molar-refractivity contribution in [1.82, 2.24) is 4.90 Å². The Labute approximate surface area is 133 Å². The summed E-state index contributed by atoms with van der Waals surface area (Å²) in [6.45, 7) is 1.81. The lowest BCUT2D eigenvalue weighted by molar-refractivity contribution is -0.134. The fourth-order valence-electron chi connectivity index (χ4n) is 2.40. The number of hydrogen-bond acceptors (Lipinski definition) is 4. The Morgan fingerprint density at radius 2 is 2.23 bits per heavy atom. The van der Waals surface area contributed by atoms with Gasteiger partial charge in [0.25, 0.3) is 5.91 Å². The molecule has 1 unspecified atom stereocenters. The molecule has 5 nitrogen and oxygen atoms in total. The number of halogens is 2. The van der Waals surface area contributed by atoms with Gasteiger partial charge in [-0.1, -0.05) is 11.6 Å². The Hall–Kier alpha value is -1.34. The predicted molar refractivity (Wildman–Crippen MR) is 81.4 cm³/mol. The van der Waals surface area contributed by atoms with Crippen LogP contribution in [-0.2, 0) is 14.6 Å². The number of rotatable bonds is 3. The molecule has 1 saturated heterocycles. The molecule has 0 N–H and O–H groups in total. The number of nitrogens with zero attached hydrogens (tertiary/aromatic N) is 1. The zero-order valence-corrected chi connectivity index (χ0v) is 13.7. The second-order valence-electron chi connectivity index (χ2n) is 5.27. The lowest BCUT2D eigenvalue weighted by Gasteiger charge is -2.26. The molecule has 1 fully saturated rings. The zero-order valence-electron chi connectivity index (χ0n) is 12.1. The van der Waals surface area contributed by atoms with Gasteiger partial charge in [0.15, 0.2) is 16.4 Å². The third-order valence-electron chi connectivity index (χ3n) is 3.45. The highest BCUT2D eigenvalue weighted by molar-refractivity contribution is 7.91. The Kier molecular flexibility index (Phi) is 5.28. The van der Waals surface area contributed by atoms with Gasteiger partial charge >= 0.3 is 0 Å². The van der Waals surface area contributed by atoms with Gasteiger partial charge in [-0.25, -0.2) is 12.8 Å². The topological polar surface area (TPSA) is 63.7 Å². The minimum absolute atomic E-state index is 0.0456. The monoisotopic (exact) mass is 349 g/mol. The van der Waals surface area contributed by atoms with Crippen LogP contribution in [0.2, 0.25) is 5.02 Å². The average Bonchev–Trinajstić information content (AvgIpc) is 2.54. The normalized spacial score (nSPS) is 21.2. The van der Waals surface area contributed by atoms with Crippen molar-refractivity contribution in [3.8, 4) is 5.75 Å². The highest BCUT2D eigenvalue weighted by atomic mass is 35.5. The van der Waals surface area contributed by atoms with E-state index in [1.807, 2.05) is 0 Å². The third-order valence-corrected chi connectivity index (χ3v) is 5.64. The van der Waals surface area contributed by atoms with Crippen LogP contribution in [0.5, 0.6) is 5.75 Å². The van der Waals surface area contributed by atoms with Crippen molar-refractivity contribution in [2.24, 2.45) is 0 Å². The molecule has 0 saturated carbocycles. The van der Waals surface area contributed by atoms with Crippen LogP contribution in [-0.4, -0.2) is 49.9 Å². The van der Waals surface area contributed by atoms with Crippen molar-refractivity contribution in [2.45, 2.75) is 19.4 Å². The molecular weight excluding hydrogens is 333 g/mol. The van der Waals surface area contributed by atoms with Crippen LogP contribution >= 0.6 is 11.6 Å². The second-order valence-corrected chi connectivity index (χ2v) is 7.90. The lowest BCUT2D eigenvalue weighted by Crippen LogP contribution is -2.43. The number of carbonyl (C=O) groups is 1. The summed E-state index contributed by atoms with van der Waals surface area (Å²) in [5, 5.41) is 0.0827. The maximum absolute atomic E-state index is 12.9. The van der Waals surface area contributed by atoms with Crippen LogP contribution < -0.4 is 4.74 Å². The molecule has 0 aromatic heterocycles. The minimum Gasteiger partial charge on any atom is -0.482 e. The van der Waals surface area contributed by atoms with Gasteiger partial charge in [0.05, 0.1) is 16.5 Å². The summed E-state index contributed by atoms with van der Waals surface area (Å²) in [4.78, 5) is 13.7.